The molecule has 1 saturated heterocycles. The summed E-state index contributed by atoms with van der Waals surface area (Å²) in [5.41, 5.74) is 4.30. The van der Waals surface area contributed by atoms with Crippen molar-refractivity contribution in [3.8, 4) is 0 Å². The van der Waals surface area contributed by atoms with Gasteiger partial charge in [-0.1, -0.05) is 79.7 Å². The second-order valence-corrected chi connectivity index (χ2v) is 10.7. The monoisotopic (exact) mass is 430 g/mol. The lowest BCUT2D eigenvalue weighted by atomic mass is 9.55. The fourth-order valence-corrected chi connectivity index (χ4v) is 6.78. The number of nitrogens with one attached hydrogen (secondary N) is 1. The van der Waals surface area contributed by atoms with Crippen molar-refractivity contribution in [3.05, 3.63) is 83.9 Å². The summed E-state index contributed by atoms with van der Waals surface area (Å²) in [6.45, 7) is 9.52. The summed E-state index contributed by atoms with van der Waals surface area (Å²) in [6.07, 6.45) is 5.79. The fourth-order valence-electron chi connectivity index (χ4n) is 6.78. The highest BCUT2D eigenvalue weighted by Crippen LogP contribution is 2.56. The van der Waals surface area contributed by atoms with Crippen molar-refractivity contribution >= 4 is 5.97 Å². The highest BCUT2D eigenvalue weighted by Gasteiger charge is 2.56. The van der Waals surface area contributed by atoms with Crippen LogP contribution in [-0.2, 0) is 22.6 Å². The first-order valence-corrected chi connectivity index (χ1v) is 12.3. The molecule has 5 rings (SSSR count). The Labute approximate surface area is 192 Å². The zero-order chi connectivity index (χ0) is 22.1. The summed E-state index contributed by atoms with van der Waals surface area (Å²) in [5.74, 6) is 0.895. The van der Waals surface area contributed by atoms with Crippen LogP contribution in [0.4, 0.5) is 0 Å². The van der Waals surface area contributed by atoms with Gasteiger partial charge in [0.25, 0.3) is 0 Å². The Hall–Kier alpha value is -2.39. The Balaban J connectivity index is 1.36. The van der Waals surface area contributed by atoms with E-state index >= 15 is 0 Å². The van der Waals surface area contributed by atoms with Crippen LogP contribution in [0.2, 0.25) is 0 Å². The van der Waals surface area contributed by atoms with Crippen LogP contribution in [-0.4, -0.2) is 18.6 Å². The lowest BCUT2D eigenvalue weighted by Crippen LogP contribution is -3.10. The maximum absolute atomic E-state index is 13.1. The Kier molecular flexibility index (Phi) is 5.94. The summed E-state index contributed by atoms with van der Waals surface area (Å²) in [6, 6.07) is 21.3. The van der Waals surface area contributed by atoms with Crippen LogP contribution in [0.5, 0.6) is 0 Å². The van der Waals surface area contributed by atoms with Crippen LogP contribution >= 0.6 is 0 Å². The molecule has 0 aromatic heterocycles. The van der Waals surface area contributed by atoms with Gasteiger partial charge >= 0.3 is 5.97 Å². The number of quaternary nitrogens is 1. The minimum absolute atomic E-state index is 0.0123. The molecule has 3 fully saturated rings. The van der Waals surface area contributed by atoms with Crippen molar-refractivity contribution in [2.45, 2.75) is 58.2 Å². The van der Waals surface area contributed by atoms with E-state index in [-0.39, 0.29) is 23.4 Å². The van der Waals surface area contributed by atoms with E-state index in [0.717, 1.165) is 38.9 Å². The van der Waals surface area contributed by atoms with Crippen molar-refractivity contribution in [2.24, 2.45) is 23.2 Å². The van der Waals surface area contributed by atoms with Gasteiger partial charge in [0, 0.05) is 17.0 Å². The lowest BCUT2D eigenvalue weighted by Gasteiger charge is -2.50. The van der Waals surface area contributed by atoms with Gasteiger partial charge in [0.1, 0.15) is 25.1 Å². The van der Waals surface area contributed by atoms with Gasteiger partial charge < -0.3 is 9.64 Å². The number of carbonyl (C=O) groups is 1. The van der Waals surface area contributed by atoms with E-state index in [2.05, 4.69) is 74.2 Å². The molecule has 32 heavy (non-hydrogen) atoms. The molecule has 0 unspecified atom stereocenters. The van der Waals surface area contributed by atoms with Gasteiger partial charge in [-0.15, -0.1) is 0 Å². The molecule has 2 aliphatic carbocycles. The molecule has 3 aliphatic rings. The van der Waals surface area contributed by atoms with Crippen molar-refractivity contribution in [2.75, 3.05) is 6.54 Å². The predicted molar refractivity (Wildman–Crippen MR) is 127 cm³/mol. The SMILES string of the molecule is C=C1CCC[C@@]2(C)C[C@H]3OC(=O)[C@@H](C[NH+](Cc4ccccc4)Cc4ccccc4)[C@@H]3C[C@@H]12. The lowest BCUT2D eigenvalue weighted by molar-refractivity contribution is -0.930. The summed E-state index contributed by atoms with van der Waals surface area (Å²) in [4.78, 5) is 14.5. The normalized spacial score (nSPS) is 31.8. The third-order valence-corrected chi connectivity index (χ3v) is 8.42. The molecule has 5 atom stereocenters. The largest absolute Gasteiger partial charge is 0.462 e. The smallest absolute Gasteiger partial charge is 0.315 e. The van der Waals surface area contributed by atoms with Gasteiger partial charge in [0.05, 0.1) is 6.54 Å². The van der Waals surface area contributed by atoms with E-state index < -0.39 is 0 Å². The van der Waals surface area contributed by atoms with E-state index in [1.165, 1.54) is 34.4 Å². The maximum Gasteiger partial charge on any atom is 0.315 e. The second kappa shape index (κ2) is 8.86. The van der Waals surface area contributed by atoms with Gasteiger partial charge in [-0.3, -0.25) is 4.79 Å². The third kappa shape index (κ3) is 4.28. The number of esters is 1. The zero-order valence-corrected chi connectivity index (χ0v) is 19.3. The molecule has 2 aromatic carbocycles. The average Bonchev–Trinajstić information content (AvgIpc) is 3.07. The number of ether oxygens (including phenoxy) is 1. The van der Waals surface area contributed by atoms with Gasteiger partial charge in [-0.2, -0.15) is 0 Å². The molecule has 0 bridgehead atoms. The molecule has 0 amide bonds. The number of fused-ring (bicyclic) bond motifs is 2. The number of rotatable bonds is 6. The summed E-state index contributed by atoms with van der Waals surface area (Å²) in [7, 11) is 0. The van der Waals surface area contributed by atoms with Gasteiger partial charge in [-0.25, -0.2) is 0 Å². The van der Waals surface area contributed by atoms with Crippen molar-refractivity contribution in [1.82, 2.24) is 0 Å². The number of hydrogen-bond acceptors (Lipinski definition) is 2. The van der Waals surface area contributed by atoms with Gasteiger partial charge in [0.15, 0.2) is 0 Å². The quantitative estimate of drug-likeness (QED) is 0.537. The van der Waals surface area contributed by atoms with E-state index in [9.17, 15) is 4.79 Å². The molecule has 3 nitrogen and oxygen atoms in total. The van der Waals surface area contributed by atoms with Crippen molar-refractivity contribution in [1.29, 1.82) is 0 Å². The predicted octanol–water partition coefficient (Wildman–Crippen LogP) is 4.59. The molecular weight excluding hydrogens is 394 g/mol. The van der Waals surface area contributed by atoms with Crippen molar-refractivity contribution in [3.63, 3.8) is 0 Å². The first-order valence-electron chi connectivity index (χ1n) is 12.3. The third-order valence-electron chi connectivity index (χ3n) is 8.42. The highest BCUT2D eigenvalue weighted by atomic mass is 16.6. The summed E-state index contributed by atoms with van der Waals surface area (Å²) in [5, 5.41) is 0. The van der Waals surface area contributed by atoms with E-state index in [1.807, 2.05) is 0 Å². The fraction of sp³-hybridized carbons (Fsp3) is 0.483. The Bertz CT molecular complexity index is 914. The topological polar surface area (TPSA) is 30.7 Å². The highest BCUT2D eigenvalue weighted by molar-refractivity contribution is 5.75. The zero-order valence-electron chi connectivity index (χ0n) is 19.3. The second-order valence-electron chi connectivity index (χ2n) is 10.7. The molecule has 2 saturated carbocycles. The van der Waals surface area contributed by atoms with Gasteiger partial charge in [-0.05, 0) is 43.4 Å². The summed E-state index contributed by atoms with van der Waals surface area (Å²) < 4.78 is 6.05. The Morgan fingerprint density at radius 1 is 1.03 bits per heavy atom. The molecule has 3 heteroatoms. The maximum atomic E-state index is 13.1. The molecule has 2 aromatic rings. The number of carbonyl (C=O) groups excluding carboxylic acids is 1. The van der Waals surface area contributed by atoms with Crippen LogP contribution in [0.1, 0.15) is 50.2 Å². The van der Waals surface area contributed by atoms with E-state index in [4.69, 9.17) is 4.74 Å². The number of hydrogen-bond donors (Lipinski definition) is 1. The molecular formula is C29H36NO2+. The standard InChI is InChI=1S/C29H35NO2/c1-21-10-9-15-29(2)17-27-24(16-26(21)29)25(28(31)32-27)20-30(18-22-11-5-3-6-12-22)19-23-13-7-4-8-14-23/h3-8,11-14,24-27H,1,9-10,15-20H2,2H3/p+1/t24-,25-,26-,27+,29-/m0/s1. The van der Waals surface area contributed by atoms with Crippen LogP contribution < -0.4 is 4.90 Å². The first-order chi connectivity index (χ1) is 15.5. The van der Waals surface area contributed by atoms with Crippen molar-refractivity contribution < 1.29 is 14.4 Å². The van der Waals surface area contributed by atoms with Crippen LogP contribution in [0.25, 0.3) is 0 Å². The molecule has 1 heterocycles. The van der Waals surface area contributed by atoms with E-state index in [1.54, 1.807) is 0 Å². The minimum Gasteiger partial charge on any atom is -0.462 e. The molecule has 1 aliphatic heterocycles. The van der Waals surface area contributed by atoms with Crippen LogP contribution in [0.15, 0.2) is 72.8 Å². The molecule has 1 N–H and O–H groups in total. The van der Waals surface area contributed by atoms with Crippen LogP contribution in [0, 0.1) is 23.2 Å². The average molecular weight is 431 g/mol. The van der Waals surface area contributed by atoms with Crippen LogP contribution in [0.3, 0.4) is 0 Å². The Morgan fingerprint density at radius 3 is 2.28 bits per heavy atom. The van der Waals surface area contributed by atoms with E-state index in [0.29, 0.717) is 11.8 Å². The number of allylic oxidation sites excluding steroid dienone is 1. The molecule has 0 radical (unpaired) electrons. The number of benzene rings is 2. The minimum atomic E-state index is -0.0123. The van der Waals surface area contributed by atoms with Gasteiger partial charge in [0.2, 0.25) is 0 Å². The molecule has 168 valence electrons. The molecule has 0 spiro atoms. The first kappa shape index (κ1) is 21.5. The Morgan fingerprint density at radius 2 is 1.66 bits per heavy atom. The summed E-state index contributed by atoms with van der Waals surface area (Å²) >= 11 is 0.